The van der Waals surface area contributed by atoms with Crippen LogP contribution in [0.2, 0.25) is 0 Å². The maximum absolute atomic E-state index is 12.2. The molecule has 1 aromatic rings. The van der Waals surface area contributed by atoms with Crippen molar-refractivity contribution >= 4 is 5.91 Å². The van der Waals surface area contributed by atoms with E-state index in [4.69, 9.17) is 4.74 Å². The lowest BCUT2D eigenvalue weighted by Gasteiger charge is -2.20. The van der Waals surface area contributed by atoms with Crippen LogP contribution in [-0.2, 0) is 16.1 Å². The number of rotatable bonds is 4. The fraction of sp³-hybridized carbons (Fsp3) is 0.538. The van der Waals surface area contributed by atoms with Crippen LogP contribution in [-0.4, -0.2) is 48.6 Å². The number of hydrogen-bond donors (Lipinski definition) is 1. The minimum atomic E-state index is -0.135. The van der Waals surface area contributed by atoms with Crippen molar-refractivity contribution in [2.24, 2.45) is 0 Å². The SMILES string of the molecule is COC1CNC(C(=O)N(C)Cc2ccccn2)C1. The number of carbonyl (C=O) groups is 1. The second-order valence-electron chi connectivity index (χ2n) is 4.57. The number of pyridine rings is 1. The van der Waals surface area contributed by atoms with Crippen molar-refractivity contribution in [2.75, 3.05) is 20.7 Å². The molecular weight excluding hydrogens is 230 g/mol. The van der Waals surface area contributed by atoms with Gasteiger partial charge in [-0.05, 0) is 18.6 Å². The highest BCUT2D eigenvalue weighted by atomic mass is 16.5. The highest BCUT2D eigenvalue weighted by Crippen LogP contribution is 2.12. The molecule has 2 rings (SSSR count). The number of nitrogens with one attached hydrogen (secondary N) is 1. The van der Waals surface area contributed by atoms with Crippen LogP contribution in [0.25, 0.3) is 0 Å². The van der Waals surface area contributed by atoms with Crippen LogP contribution in [0.5, 0.6) is 0 Å². The van der Waals surface area contributed by atoms with Gasteiger partial charge in [0.05, 0.1) is 24.4 Å². The molecule has 2 heterocycles. The van der Waals surface area contributed by atoms with Gasteiger partial charge >= 0.3 is 0 Å². The number of likely N-dealkylation sites (N-methyl/N-ethyl adjacent to an activating group) is 1. The zero-order chi connectivity index (χ0) is 13.0. The van der Waals surface area contributed by atoms with Gasteiger partial charge in [-0.2, -0.15) is 0 Å². The third kappa shape index (κ3) is 3.05. The van der Waals surface area contributed by atoms with Gasteiger partial charge in [0, 0.05) is 26.9 Å². The molecule has 0 aromatic carbocycles. The van der Waals surface area contributed by atoms with Gasteiger partial charge in [-0.25, -0.2) is 0 Å². The van der Waals surface area contributed by atoms with Crippen LogP contribution < -0.4 is 5.32 Å². The number of amides is 1. The lowest BCUT2D eigenvalue weighted by molar-refractivity contribution is -0.132. The summed E-state index contributed by atoms with van der Waals surface area (Å²) >= 11 is 0. The molecule has 0 saturated carbocycles. The first kappa shape index (κ1) is 13.0. The van der Waals surface area contributed by atoms with Gasteiger partial charge in [-0.15, -0.1) is 0 Å². The van der Waals surface area contributed by atoms with Crippen molar-refractivity contribution in [1.29, 1.82) is 0 Å². The lowest BCUT2D eigenvalue weighted by atomic mass is 10.2. The number of ether oxygens (including phenoxy) is 1. The van der Waals surface area contributed by atoms with E-state index in [9.17, 15) is 4.79 Å². The summed E-state index contributed by atoms with van der Waals surface area (Å²) in [5.41, 5.74) is 0.898. The van der Waals surface area contributed by atoms with Gasteiger partial charge in [0.25, 0.3) is 0 Å². The summed E-state index contributed by atoms with van der Waals surface area (Å²) in [5, 5.41) is 3.19. The molecule has 1 aromatic heterocycles. The van der Waals surface area contributed by atoms with E-state index in [0.717, 1.165) is 18.7 Å². The standard InChI is InChI=1S/C13H19N3O2/c1-16(9-10-5-3-4-6-14-10)13(17)12-7-11(18-2)8-15-12/h3-6,11-12,15H,7-9H2,1-2H3. The third-order valence-electron chi connectivity index (χ3n) is 3.22. The molecule has 1 amide bonds. The van der Waals surface area contributed by atoms with Crippen LogP contribution >= 0.6 is 0 Å². The van der Waals surface area contributed by atoms with Gasteiger partial charge < -0.3 is 15.0 Å². The average Bonchev–Trinajstić information content (AvgIpc) is 2.87. The molecule has 1 aliphatic rings. The minimum Gasteiger partial charge on any atom is -0.380 e. The van der Waals surface area contributed by atoms with Crippen LogP contribution in [0.15, 0.2) is 24.4 Å². The number of methoxy groups -OCH3 is 1. The van der Waals surface area contributed by atoms with Crippen molar-refractivity contribution in [3.63, 3.8) is 0 Å². The molecule has 1 aliphatic heterocycles. The fourth-order valence-electron chi connectivity index (χ4n) is 2.15. The summed E-state index contributed by atoms with van der Waals surface area (Å²) in [7, 11) is 3.48. The Labute approximate surface area is 107 Å². The van der Waals surface area contributed by atoms with E-state index < -0.39 is 0 Å². The van der Waals surface area contributed by atoms with Crippen molar-refractivity contribution in [1.82, 2.24) is 15.2 Å². The van der Waals surface area contributed by atoms with Gasteiger partial charge in [-0.3, -0.25) is 9.78 Å². The Hall–Kier alpha value is -1.46. The normalized spacial score (nSPS) is 23.0. The Balaban J connectivity index is 1.89. The predicted octanol–water partition coefficient (Wildman–Crippen LogP) is 0.417. The largest absolute Gasteiger partial charge is 0.380 e. The van der Waals surface area contributed by atoms with Gasteiger partial charge in [0.15, 0.2) is 0 Å². The van der Waals surface area contributed by atoms with E-state index >= 15 is 0 Å². The first-order chi connectivity index (χ1) is 8.70. The van der Waals surface area contributed by atoms with Crippen LogP contribution in [0, 0.1) is 0 Å². The van der Waals surface area contributed by atoms with Gasteiger partial charge in [-0.1, -0.05) is 6.07 Å². The predicted molar refractivity (Wildman–Crippen MR) is 67.9 cm³/mol. The zero-order valence-electron chi connectivity index (χ0n) is 10.8. The molecule has 1 N–H and O–H groups in total. The van der Waals surface area contributed by atoms with Crippen molar-refractivity contribution < 1.29 is 9.53 Å². The van der Waals surface area contributed by atoms with Crippen molar-refractivity contribution in [3.8, 4) is 0 Å². The van der Waals surface area contributed by atoms with Gasteiger partial charge in [0.2, 0.25) is 5.91 Å². The Kier molecular flexibility index (Phi) is 4.28. The van der Waals surface area contributed by atoms with E-state index in [2.05, 4.69) is 10.3 Å². The molecule has 0 spiro atoms. The van der Waals surface area contributed by atoms with Crippen LogP contribution in [0.4, 0.5) is 0 Å². The van der Waals surface area contributed by atoms with E-state index in [1.165, 1.54) is 0 Å². The molecule has 0 aliphatic carbocycles. The summed E-state index contributed by atoms with van der Waals surface area (Å²) in [5.74, 6) is 0.0974. The van der Waals surface area contributed by atoms with E-state index in [0.29, 0.717) is 6.54 Å². The quantitative estimate of drug-likeness (QED) is 0.840. The highest BCUT2D eigenvalue weighted by Gasteiger charge is 2.31. The Morgan fingerprint density at radius 2 is 2.44 bits per heavy atom. The zero-order valence-corrected chi connectivity index (χ0v) is 10.8. The lowest BCUT2D eigenvalue weighted by Crippen LogP contribution is -2.41. The molecule has 1 saturated heterocycles. The van der Waals surface area contributed by atoms with Crippen molar-refractivity contribution in [2.45, 2.75) is 25.1 Å². The summed E-state index contributed by atoms with van der Waals surface area (Å²) in [6.45, 7) is 1.28. The van der Waals surface area contributed by atoms with E-state index in [1.54, 1.807) is 25.3 Å². The molecular formula is C13H19N3O2. The topological polar surface area (TPSA) is 54.5 Å². The Morgan fingerprint density at radius 3 is 3.06 bits per heavy atom. The van der Waals surface area contributed by atoms with Gasteiger partial charge in [0.1, 0.15) is 0 Å². The maximum atomic E-state index is 12.2. The minimum absolute atomic E-state index is 0.0974. The smallest absolute Gasteiger partial charge is 0.239 e. The second kappa shape index (κ2) is 5.93. The molecule has 5 nitrogen and oxygen atoms in total. The summed E-state index contributed by atoms with van der Waals surface area (Å²) in [4.78, 5) is 18.1. The summed E-state index contributed by atoms with van der Waals surface area (Å²) < 4.78 is 5.24. The average molecular weight is 249 g/mol. The summed E-state index contributed by atoms with van der Waals surface area (Å²) in [6.07, 6.45) is 2.62. The van der Waals surface area contributed by atoms with Crippen molar-refractivity contribution in [3.05, 3.63) is 30.1 Å². The first-order valence-electron chi connectivity index (χ1n) is 6.11. The number of carbonyl (C=O) groups excluding carboxylic acids is 1. The number of hydrogen-bond acceptors (Lipinski definition) is 4. The molecule has 2 atom stereocenters. The van der Waals surface area contributed by atoms with Crippen LogP contribution in [0.1, 0.15) is 12.1 Å². The monoisotopic (exact) mass is 249 g/mol. The molecule has 0 bridgehead atoms. The molecule has 0 radical (unpaired) electrons. The number of aromatic nitrogens is 1. The molecule has 98 valence electrons. The third-order valence-corrected chi connectivity index (χ3v) is 3.22. The molecule has 18 heavy (non-hydrogen) atoms. The molecule has 5 heteroatoms. The summed E-state index contributed by atoms with van der Waals surface area (Å²) in [6, 6.07) is 5.58. The van der Waals surface area contributed by atoms with E-state index in [1.807, 2.05) is 18.2 Å². The van der Waals surface area contributed by atoms with Crippen LogP contribution in [0.3, 0.4) is 0 Å². The maximum Gasteiger partial charge on any atom is 0.239 e. The van der Waals surface area contributed by atoms with E-state index in [-0.39, 0.29) is 18.1 Å². The Bertz CT molecular complexity index is 396. The molecule has 2 unspecified atom stereocenters. The molecule has 1 fully saturated rings. The number of nitrogens with zero attached hydrogens (tertiary/aromatic N) is 2. The Morgan fingerprint density at radius 1 is 1.61 bits per heavy atom. The second-order valence-corrected chi connectivity index (χ2v) is 4.57. The highest BCUT2D eigenvalue weighted by molar-refractivity contribution is 5.82. The fourth-order valence-corrected chi connectivity index (χ4v) is 2.15. The first-order valence-corrected chi connectivity index (χ1v) is 6.11.